The first-order valence-electron chi connectivity index (χ1n) is 11.7. The third-order valence-electron chi connectivity index (χ3n) is 6.95. The van der Waals surface area contributed by atoms with E-state index in [1.165, 1.54) is 23.0 Å². The molecule has 35 heavy (non-hydrogen) atoms. The minimum atomic E-state index is -0.650. The highest BCUT2D eigenvalue weighted by Crippen LogP contribution is 2.40. The Labute approximate surface area is 203 Å². The predicted octanol–water partition coefficient (Wildman–Crippen LogP) is 3.50. The van der Waals surface area contributed by atoms with Gasteiger partial charge in [-0.1, -0.05) is 29.8 Å². The minimum Gasteiger partial charge on any atom is -0.495 e. The SMILES string of the molecule is COc1ccccc1N1C[C@H](C(=O)Oc2cccc(N3C(=O)[C@H]4CC=C(C)C[C@@H]4C3=O)c2)CC1=O. The van der Waals surface area contributed by atoms with Crippen molar-refractivity contribution < 1.29 is 28.7 Å². The number of benzene rings is 2. The van der Waals surface area contributed by atoms with E-state index in [-0.39, 0.29) is 48.3 Å². The van der Waals surface area contributed by atoms with E-state index in [9.17, 15) is 19.2 Å². The van der Waals surface area contributed by atoms with Gasteiger partial charge in [-0.05, 0) is 44.0 Å². The van der Waals surface area contributed by atoms with Gasteiger partial charge in [-0.25, -0.2) is 4.90 Å². The van der Waals surface area contributed by atoms with Crippen LogP contribution < -0.4 is 19.3 Å². The Morgan fingerprint density at radius 1 is 0.971 bits per heavy atom. The fourth-order valence-corrected chi connectivity index (χ4v) is 5.13. The number of para-hydroxylation sites is 2. The molecule has 0 spiro atoms. The van der Waals surface area contributed by atoms with E-state index in [0.717, 1.165) is 5.57 Å². The lowest BCUT2D eigenvalue weighted by molar-refractivity contribution is -0.139. The van der Waals surface area contributed by atoms with Crippen LogP contribution in [0.15, 0.2) is 60.2 Å². The zero-order chi connectivity index (χ0) is 24.7. The summed E-state index contributed by atoms with van der Waals surface area (Å²) in [5, 5.41) is 0. The van der Waals surface area contributed by atoms with Gasteiger partial charge in [-0.2, -0.15) is 0 Å². The molecule has 1 aliphatic carbocycles. The van der Waals surface area contributed by atoms with Crippen molar-refractivity contribution in [3.63, 3.8) is 0 Å². The number of rotatable bonds is 5. The monoisotopic (exact) mass is 474 g/mol. The number of amides is 3. The molecule has 3 amide bonds. The lowest BCUT2D eigenvalue weighted by Gasteiger charge is -2.19. The first-order valence-corrected chi connectivity index (χ1v) is 11.7. The topological polar surface area (TPSA) is 93.2 Å². The molecule has 3 aliphatic rings. The van der Waals surface area contributed by atoms with Crippen LogP contribution in [0.25, 0.3) is 0 Å². The van der Waals surface area contributed by atoms with Gasteiger partial charge in [0.05, 0.1) is 36.2 Å². The van der Waals surface area contributed by atoms with Crippen LogP contribution in [0.2, 0.25) is 0 Å². The van der Waals surface area contributed by atoms with Crippen molar-refractivity contribution in [2.75, 3.05) is 23.5 Å². The summed E-state index contributed by atoms with van der Waals surface area (Å²) in [4.78, 5) is 54.3. The van der Waals surface area contributed by atoms with E-state index < -0.39 is 11.9 Å². The number of anilines is 2. The zero-order valence-electron chi connectivity index (χ0n) is 19.6. The fraction of sp³-hybridized carbons (Fsp3) is 0.333. The van der Waals surface area contributed by atoms with E-state index in [1.54, 1.807) is 36.4 Å². The minimum absolute atomic E-state index is 0.0232. The Balaban J connectivity index is 1.30. The van der Waals surface area contributed by atoms with Gasteiger partial charge < -0.3 is 14.4 Å². The summed E-state index contributed by atoms with van der Waals surface area (Å²) in [6.07, 6.45) is 3.18. The van der Waals surface area contributed by atoms with Crippen LogP contribution in [0, 0.1) is 17.8 Å². The Hall–Kier alpha value is -3.94. The maximum Gasteiger partial charge on any atom is 0.316 e. The number of fused-ring (bicyclic) bond motifs is 1. The van der Waals surface area contributed by atoms with Gasteiger partial charge in [0.25, 0.3) is 0 Å². The molecule has 3 atom stereocenters. The molecule has 2 heterocycles. The largest absolute Gasteiger partial charge is 0.495 e. The summed E-state index contributed by atoms with van der Waals surface area (Å²) >= 11 is 0. The van der Waals surface area contributed by atoms with Crippen molar-refractivity contribution >= 4 is 35.1 Å². The molecule has 2 aliphatic heterocycles. The summed E-state index contributed by atoms with van der Waals surface area (Å²) in [6.45, 7) is 2.15. The Bertz CT molecular complexity index is 1250. The van der Waals surface area contributed by atoms with Crippen molar-refractivity contribution in [1.29, 1.82) is 0 Å². The van der Waals surface area contributed by atoms with Crippen molar-refractivity contribution in [3.8, 4) is 11.5 Å². The van der Waals surface area contributed by atoms with Crippen LogP contribution in [0.3, 0.4) is 0 Å². The fourth-order valence-electron chi connectivity index (χ4n) is 5.13. The molecular weight excluding hydrogens is 448 g/mol. The molecule has 0 N–H and O–H groups in total. The molecule has 2 aromatic rings. The molecule has 0 bridgehead atoms. The van der Waals surface area contributed by atoms with Crippen molar-refractivity contribution in [1.82, 2.24) is 0 Å². The van der Waals surface area contributed by atoms with Crippen molar-refractivity contribution in [2.45, 2.75) is 26.2 Å². The highest BCUT2D eigenvalue weighted by Gasteiger charge is 2.48. The maximum atomic E-state index is 13.0. The van der Waals surface area contributed by atoms with Gasteiger partial charge in [-0.15, -0.1) is 0 Å². The van der Waals surface area contributed by atoms with Crippen LogP contribution in [0.4, 0.5) is 11.4 Å². The Kier molecular flexibility index (Phi) is 5.88. The second kappa shape index (κ2) is 9.02. The molecular formula is C27H26N2O6. The van der Waals surface area contributed by atoms with E-state index >= 15 is 0 Å². The summed E-state index contributed by atoms with van der Waals surface area (Å²) in [6, 6.07) is 13.6. The first-order chi connectivity index (χ1) is 16.9. The highest BCUT2D eigenvalue weighted by atomic mass is 16.5. The average Bonchev–Trinajstić information content (AvgIpc) is 3.36. The number of nitrogens with zero attached hydrogens (tertiary/aromatic N) is 2. The summed E-state index contributed by atoms with van der Waals surface area (Å²) in [5.41, 5.74) is 2.11. The number of carbonyl (C=O) groups excluding carboxylic acids is 4. The molecule has 0 radical (unpaired) electrons. The van der Waals surface area contributed by atoms with E-state index in [4.69, 9.17) is 9.47 Å². The summed E-state index contributed by atoms with van der Waals surface area (Å²) in [5.74, 6) is -1.74. The van der Waals surface area contributed by atoms with Crippen molar-refractivity contribution in [2.24, 2.45) is 17.8 Å². The molecule has 0 saturated carbocycles. The number of methoxy groups -OCH3 is 1. The summed E-state index contributed by atoms with van der Waals surface area (Å²) in [7, 11) is 1.53. The third kappa shape index (κ3) is 4.09. The maximum absolute atomic E-state index is 13.0. The van der Waals surface area contributed by atoms with Crippen LogP contribution in [-0.4, -0.2) is 37.3 Å². The number of esters is 1. The van der Waals surface area contributed by atoms with Gasteiger partial charge in [0.2, 0.25) is 17.7 Å². The molecule has 2 saturated heterocycles. The lowest BCUT2D eigenvalue weighted by atomic mass is 9.82. The van der Waals surface area contributed by atoms with E-state index in [1.807, 2.05) is 19.1 Å². The molecule has 0 aromatic heterocycles. The van der Waals surface area contributed by atoms with Gasteiger partial charge in [0.1, 0.15) is 11.5 Å². The van der Waals surface area contributed by atoms with Gasteiger partial charge in [0, 0.05) is 19.0 Å². The zero-order valence-corrected chi connectivity index (χ0v) is 19.6. The number of allylic oxidation sites excluding steroid dienone is 2. The molecule has 0 unspecified atom stereocenters. The van der Waals surface area contributed by atoms with Crippen molar-refractivity contribution in [3.05, 3.63) is 60.2 Å². The van der Waals surface area contributed by atoms with E-state index in [0.29, 0.717) is 30.0 Å². The average molecular weight is 475 g/mol. The van der Waals surface area contributed by atoms with E-state index in [2.05, 4.69) is 0 Å². The Morgan fingerprint density at radius 2 is 1.74 bits per heavy atom. The first kappa shape index (κ1) is 22.8. The highest BCUT2D eigenvalue weighted by molar-refractivity contribution is 6.22. The second-order valence-electron chi connectivity index (χ2n) is 9.21. The number of hydrogen-bond donors (Lipinski definition) is 0. The van der Waals surface area contributed by atoms with Crippen LogP contribution in [0.1, 0.15) is 26.2 Å². The third-order valence-corrected chi connectivity index (χ3v) is 6.95. The smallest absolute Gasteiger partial charge is 0.316 e. The second-order valence-corrected chi connectivity index (χ2v) is 9.21. The molecule has 2 aromatic carbocycles. The molecule has 8 heteroatoms. The number of hydrogen-bond acceptors (Lipinski definition) is 6. The number of carbonyl (C=O) groups is 4. The predicted molar refractivity (Wildman–Crippen MR) is 128 cm³/mol. The molecule has 8 nitrogen and oxygen atoms in total. The molecule has 5 rings (SSSR count). The Morgan fingerprint density at radius 3 is 2.54 bits per heavy atom. The quantitative estimate of drug-likeness (QED) is 0.285. The normalized spacial score (nSPS) is 23.9. The lowest BCUT2D eigenvalue weighted by Crippen LogP contribution is -2.31. The summed E-state index contributed by atoms with van der Waals surface area (Å²) < 4.78 is 10.9. The van der Waals surface area contributed by atoms with Gasteiger partial charge in [0.15, 0.2) is 0 Å². The molecule has 180 valence electrons. The van der Waals surface area contributed by atoms with Crippen LogP contribution >= 0.6 is 0 Å². The van der Waals surface area contributed by atoms with Crippen LogP contribution in [-0.2, 0) is 19.2 Å². The van der Waals surface area contributed by atoms with Gasteiger partial charge in [-0.3, -0.25) is 19.2 Å². The number of ether oxygens (including phenoxy) is 2. The van der Waals surface area contributed by atoms with Gasteiger partial charge >= 0.3 is 5.97 Å². The van der Waals surface area contributed by atoms with Crippen LogP contribution in [0.5, 0.6) is 11.5 Å². The number of imide groups is 1. The standard InChI is InChI=1S/C27H26N2O6/c1-16-10-11-20-21(12-16)26(32)29(25(20)31)18-6-5-7-19(14-18)35-27(33)17-13-24(30)28(15-17)22-8-3-4-9-23(22)34-2/h3-10,14,17,20-21H,11-13,15H2,1-2H3/t17-,20+,21+/m1/s1. The molecule has 2 fully saturated rings.